The van der Waals surface area contributed by atoms with Crippen LogP contribution in [-0.2, 0) is 14.6 Å². The number of sulfone groups is 1. The molecular weight excluding hydrogens is 481 g/mol. The number of aliphatic carboxylic acids is 1. The maximum absolute atomic E-state index is 11.6. The molecule has 3 heterocycles. The molecule has 0 spiro atoms. The van der Waals surface area contributed by atoms with Crippen LogP contribution < -0.4 is 10.2 Å². The van der Waals surface area contributed by atoms with Crippen molar-refractivity contribution in [1.29, 1.82) is 0 Å². The van der Waals surface area contributed by atoms with Gasteiger partial charge in [0.05, 0.1) is 23.4 Å². The monoisotopic (exact) mass is 510 g/mol. The molecule has 1 fully saturated rings. The van der Waals surface area contributed by atoms with E-state index in [-0.39, 0.29) is 23.9 Å². The summed E-state index contributed by atoms with van der Waals surface area (Å²) in [6, 6.07) is -0.161. The molecule has 11 nitrogen and oxygen atoms in total. The number of anilines is 2. The Hall–Kier alpha value is -2.68. The van der Waals surface area contributed by atoms with Crippen molar-refractivity contribution in [3.05, 3.63) is 6.20 Å². The molecule has 1 saturated heterocycles. The number of carbonyl (C=O) groups is 1. The highest BCUT2D eigenvalue weighted by molar-refractivity contribution is 7.90. The third-order valence-electron chi connectivity index (χ3n) is 4.86. The molecule has 0 aliphatic carbocycles. The molecule has 2 aromatic heterocycles. The number of hydrogen-bond acceptors (Lipinski definition) is 9. The molecule has 0 saturated carbocycles. The van der Waals surface area contributed by atoms with Crippen molar-refractivity contribution in [3.8, 4) is 0 Å². The van der Waals surface area contributed by atoms with Crippen LogP contribution in [0.2, 0.25) is 0 Å². The molecule has 1 aliphatic rings. The van der Waals surface area contributed by atoms with E-state index in [1.54, 1.807) is 6.20 Å². The normalized spacial score (nSPS) is 16.3. The van der Waals surface area contributed by atoms with Gasteiger partial charge in [0, 0.05) is 31.4 Å². The Labute approximate surface area is 194 Å². The van der Waals surface area contributed by atoms with Crippen LogP contribution in [-0.4, -0.2) is 87.8 Å². The molecule has 0 aromatic carbocycles. The highest BCUT2D eigenvalue weighted by atomic mass is 32.2. The first kappa shape index (κ1) is 27.6. The van der Waals surface area contributed by atoms with Crippen molar-refractivity contribution in [2.75, 3.05) is 35.3 Å². The van der Waals surface area contributed by atoms with Crippen LogP contribution in [0.5, 0.6) is 0 Å². The Morgan fingerprint density at radius 1 is 1.24 bits per heavy atom. The quantitative estimate of drug-likeness (QED) is 0.525. The SMILES string of the molecule is CC(C)n1ncc2c(N[C@H](C)CS(C)(=O)=O)nc(N3CCC(O)CC3)nc21.O=C(O)C(F)(F)F. The van der Waals surface area contributed by atoms with Gasteiger partial charge in [0.2, 0.25) is 5.95 Å². The number of nitrogens with zero attached hydrogens (tertiary/aromatic N) is 5. The topological polar surface area (TPSA) is 151 Å². The van der Waals surface area contributed by atoms with Crippen molar-refractivity contribution in [2.24, 2.45) is 0 Å². The maximum Gasteiger partial charge on any atom is 0.490 e. The van der Waals surface area contributed by atoms with Gasteiger partial charge in [0.1, 0.15) is 15.7 Å². The Balaban J connectivity index is 0.000000509. The van der Waals surface area contributed by atoms with Gasteiger partial charge in [-0.1, -0.05) is 0 Å². The zero-order chi connectivity index (χ0) is 25.8. The predicted octanol–water partition coefficient (Wildman–Crippen LogP) is 1.85. The summed E-state index contributed by atoms with van der Waals surface area (Å²) in [7, 11) is -3.11. The molecule has 192 valence electrons. The summed E-state index contributed by atoms with van der Waals surface area (Å²) in [4.78, 5) is 20.3. The molecule has 0 radical (unpaired) electrons. The van der Waals surface area contributed by atoms with Crippen LogP contribution in [0.4, 0.5) is 24.9 Å². The number of fused-ring (bicyclic) bond motifs is 1. The second kappa shape index (κ2) is 10.7. The fourth-order valence-corrected chi connectivity index (χ4v) is 4.33. The number of aromatic nitrogens is 4. The number of rotatable bonds is 6. The van der Waals surface area contributed by atoms with Gasteiger partial charge in [-0.05, 0) is 33.6 Å². The molecule has 3 rings (SSSR count). The van der Waals surface area contributed by atoms with Crippen molar-refractivity contribution >= 4 is 38.6 Å². The third-order valence-corrected chi connectivity index (χ3v) is 5.96. The van der Waals surface area contributed by atoms with E-state index in [4.69, 9.17) is 14.9 Å². The van der Waals surface area contributed by atoms with Gasteiger partial charge < -0.3 is 20.4 Å². The molecule has 0 bridgehead atoms. The Bertz CT molecular complexity index is 1100. The average molecular weight is 511 g/mol. The number of alkyl halides is 3. The van der Waals surface area contributed by atoms with Crippen molar-refractivity contribution in [3.63, 3.8) is 0 Å². The molecule has 15 heteroatoms. The Morgan fingerprint density at radius 3 is 2.26 bits per heavy atom. The lowest BCUT2D eigenvalue weighted by atomic mass is 10.1. The number of nitrogens with one attached hydrogen (secondary N) is 1. The number of carboxylic acid groups (broad SMARTS) is 1. The average Bonchev–Trinajstić information content (AvgIpc) is 3.11. The van der Waals surface area contributed by atoms with Gasteiger partial charge in [-0.25, -0.2) is 17.9 Å². The van der Waals surface area contributed by atoms with Gasteiger partial charge in [0.25, 0.3) is 0 Å². The molecule has 0 amide bonds. The van der Waals surface area contributed by atoms with Crippen molar-refractivity contribution < 1.29 is 36.6 Å². The third kappa shape index (κ3) is 7.68. The lowest BCUT2D eigenvalue weighted by Crippen LogP contribution is -2.37. The minimum absolute atomic E-state index is 0.0159. The van der Waals surface area contributed by atoms with Gasteiger partial charge >= 0.3 is 12.1 Å². The number of aliphatic hydroxyl groups is 1. The minimum atomic E-state index is -5.08. The van der Waals surface area contributed by atoms with Crippen LogP contribution >= 0.6 is 0 Å². The first-order valence-corrected chi connectivity index (χ1v) is 12.6. The summed E-state index contributed by atoms with van der Waals surface area (Å²) in [5, 5.41) is 25.3. The summed E-state index contributed by atoms with van der Waals surface area (Å²) >= 11 is 0. The van der Waals surface area contributed by atoms with Crippen molar-refractivity contribution in [2.45, 2.75) is 58.0 Å². The van der Waals surface area contributed by atoms with E-state index in [9.17, 15) is 26.7 Å². The van der Waals surface area contributed by atoms with E-state index in [1.807, 2.05) is 25.5 Å². The molecule has 34 heavy (non-hydrogen) atoms. The van der Waals surface area contributed by atoms with E-state index < -0.39 is 22.0 Å². The van der Waals surface area contributed by atoms with E-state index in [0.717, 1.165) is 11.0 Å². The predicted molar refractivity (Wildman–Crippen MR) is 120 cm³/mol. The standard InChI is InChI=1S/C17H28N6O3S.C2HF3O2/c1-11(2)23-16-14(9-18-23)15(19-12(3)10-27(4,25)26)20-17(21-16)22-7-5-13(24)6-8-22;3-2(4,5)1(6)7/h9,11-13,24H,5-8,10H2,1-4H3,(H,19,20,21);(H,6,7)/t12-;/m1./s1. The summed E-state index contributed by atoms with van der Waals surface area (Å²) in [6.07, 6.45) is -1.06. The lowest BCUT2D eigenvalue weighted by Gasteiger charge is -2.30. The largest absolute Gasteiger partial charge is 0.490 e. The highest BCUT2D eigenvalue weighted by Gasteiger charge is 2.38. The molecule has 1 aliphatic heterocycles. The zero-order valence-electron chi connectivity index (χ0n) is 19.2. The van der Waals surface area contributed by atoms with Crippen molar-refractivity contribution in [1.82, 2.24) is 19.7 Å². The maximum atomic E-state index is 11.6. The highest BCUT2D eigenvalue weighted by Crippen LogP contribution is 2.27. The van der Waals surface area contributed by atoms with Gasteiger partial charge in [0.15, 0.2) is 5.65 Å². The first-order chi connectivity index (χ1) is 15.6. The second-order valence-corrected chi connectivity index (χ2v) is 10.6. The van der Waals surface area contributed by atoms with E-state index >= 15 is 0 Å². The summed E-state index contributed by atoms with van der Waals surface area (Å²) in [6.45, 7) is 7.25. The minimum Gasteiger partial charge on any atom is -0.475 e. The van der Waals surface area contributed by atoms with Crippen LogP contribution in [0.1, 0.15) is 39.7 Å². The van der Waals surface area contributed by atoms with Crippen LogP contribution in [0.15, 0.2) is 6.20 Å². The first-order valence-electron chi connectivity index (χ1n) is 10.5. The number of aliphatic hydroxyl groups excluding tert-OH is 1. The molecule has 2 aromatic rings. The van der Waals surface area contributed by atoms with Crippen LogP contribution in [0, 0.1) is 0 Å². The summed E-state index contributed by atoms with van der Waals surface area (Å²) in [5.41, 5.74) is 0.718. The molecular formula is C19H29F3N6O5S. The number of hydrogen-bond donors (Lipinski definition) is 3. The summed E-state index contributed by atoms with van der Waals surface area (Å²) < 4.78 is 56.8. The summed E-state index contributed by atoms with van der Waals surface area (Å²) in [5.74, 6) is -1.58. The second-order valence-electron chi connectivity index (χ2n) is 8.45. The number of piperidine rings is 1. The lowest BCUT2D eigenvalue weighted by molar-refractivity contribution is -0.192. The van der Waals surface area contributed by atoms with Gasteiger partial charge in [-0.15, -0.1) is 0 Å². The number of halogens is 3. The molecule has 3 N–H and O–H groups in total. The fourth-order valence-electron chi connectivity index (χ4n) is 3.34. The Kier molecular flexibility index (Phi) is 8.69. The Morgan fingerprint density at radius 2 is 1.79 bits per heavy atom. The van der Waals surface area contributed by atoms with Crippen LogP contribution in [0.3, 0.4) is 0 Å². The van der Waals surface area contributed by atoms with E-state index in [0.29, 0.717) is 37.7 Å². The smallest absolute Gasteiger partial charge is 0.475 e. The zero-order valence-corrected chi connectivity index (χ0v) is 20.1. The van der Waals surface area contributed by atoms with E-state index in [1.165, 1.54) is 6.26 Å². The molecule has 0 unspecified atom stereocenters. The number of carboxylic acids is 1. The molecule has 1 atom stereocenters. The van der Waals surface area contributed by atoms with E-state index in [2.05, 4.69) is 20.3 Å². The fraction of sp³-hybridized carbons (Fsp3) is 0.684. The van der Waals surface area contributed by atoms with Gasteiger partial charge in [-0.3, -0.25) is 0 Å². The van der Waals surface area contributed by atoms with Gasteiger partial charge in [-0.2, -0.15) is 28.2 Å². The van der Waals surface area contributed by atoms with Crippen LogP contribution in [0.25, 0.3) is 11.0 Å².